The third-order valence-corrected chi connectivity index (χ3v) is 4.05. The lowest BCUT2D eigenvalue weighted by Gasteiger charge is -2.07. The molecule has 0 radical (unpaired) electrons. The number of rotatable bonds is 6. The molecule has 0 unspecified atom stereocenters. The summed E-state index contributed by atoms with van der Waals surface area (Å²) < 4.78 is 28.6. The van der Waals surface area contributed by atoms with E-state index in [2.05, 4.69) is 30.0 Å². The number of aromatic amines is 2. The highest BCUT2D eigenvalue weighted by Crippen LogP contribution is 2.20. The summed E-state index contributed by atoms with van der Waals surface area (Å²) in [7, 11) is 0. The summed E-state index contributed by atoms with van der Waals surface area (Å²) in [6.45, 7) is -2.58. The van der Waals surface area contributed by atoms with Crippen LogP contribution in [0.15, 0.2) is 42.7 Å². The second-order valence-electron chi connectivity index (χ2n) is 5.92. The van der Waals surface area contributed by atoms with Crippen molar-refractivity contribution in [2.45, 2.75) is 19.6 Å². The molecule has 0 spiro atoms. The van der Waals surface area contributed by atoms with E-state index >= 15 is 0 Å². The Hall–Kier alpha value is -3.49. The van der Waals surface area contributed by atoms with Crippen LogP contribution in [0.5, 0.6) is 5.75 Å². The van der Waals surface area contributed by atoms with Gasteiger partial charge in [-0.2, -0.15) is 8.78 Å². The van der Waals surface area contributed by atoms with Gasteiger partial charge in [-0.1, -0.05) is 12.1 Å². The topological polar surface area (TPSA) is 95.7 Å². The maximum atomic E-state index is 12.2. The SMILES string of the molecule is O=C(Cc1nc2c(cnc3[nH]ccc32)[nH]1)NCc1ccc(OC(F)F)cc1. The second-order valence-corrected chi connectivity index (χ2v) is 5.92. The van der Waals surface area contributed by atoms with Gasteiger partial charge in [0, 0.05) is 18.1 Å². The molecule has 0 atom stereocenters. The van der Waals surface area contributed by atoms with Gasteiger partial charge in [0.25, 0.3) is 0 Å². The molecule has 3 heterocycles. The Bertz CT molecular complexity index is 1090. The highest BCUT2D eigenvalue weighted by molar-refractivity contribution is 6.00. The molecule has 0 saturated carbocycles. The molecule has 4 aromatic rings. The van der Waals surface area contributed by atoms with Crippen LogP contribution in [-0.4, -0.2) is 32.5 Å². The Kier molecular flexibility index (Phi) is 4.41. The second kappa shape index (κ2) is 7.02. The number of alkyl halides is 2. The van der Waals surface area contributed by atoms with Crippen molar-refractivity contribution in [2.75, 3.05) is 0 Å². The van der Waals surface area contributed by atoms with Crippen molar-refractivity contribution in [1.82, 2.24) is 25.3 Å². The number of carbonyl (C=O) groups excluding carboxylic acids is 1. The molecule has 27 heavy (non-hydrogen) atoms. The number of aromatic nitrogens is 4. The molecule has 0 aliphatic rings. The first-order valence-corrected chi connectivity index (χ1v) is 8.19. The van der Waals surface area contributed by atoms with Gasteiger partial charge >= 0.3 is 6.61 Å². The molecule has 0 aliphatic heterocycles. The smallest absolute Gasteiger partial charge is 0.387 e. The largest absolute Gasteiger partial charge is 0.435 e. The fraction of sp³-hybridized carbons (Fsp3) is 0.167. The first kappa shape index (κ1) is 17.0. The third kappa shape index (κ3) is 3.71. The average molecular weight is 371 g/mol. The Morgan fingerprint density at radius 3 is 2.81 bits per heavy atom. The number of benzene rings is 1. The van der Waals surface area contributed by atoms with Gasteiger partial charge in [0.05, 0.1) is 18.1 Å². The summed E-state index contributed by atoms with van der Waals surface area (Å²) in [4.78, 5) is 27.0. The molecule has 7 nitrogen and oxygen atoms in total. The number of pyridine rings is 1. The van der Waals surface area contributed by atoms with E-state index in [1.165, 1.54) is 12.1 Å². The molecule has 3 aromatic heterocycles. The van der Waals surface area contributed by atoms with Crippen LogP contribution in [-0.2, 0) is 17.8 Å². The molecular weight excluding hydrogens is 356 g/mol. The van der Waals surface area contributed by atoms with Crippen molar-refractivity contribution in [3.05, 3.63) is 54.1 Å². The number of hydrogen-bond acceptors (Lipinski definition) is 4. The van der Waals surface area contributed by atoms with Crippen LogP contribution in [0.4, 0.5) is 8.78 Å². The number of halogens is 2. The predicted molar refractivity (Wildman–Crippen MR) is 94.4 cm³/mol. The molecule has 1 amide bonds. The Morgan fingerprint density at radius 1 is 1.22 bits per heavy atom. The van der Waals surface area contributed by atoms with E-state index in [1.807, 2.05) is 6.07 Å². The van der Waals surface area contributed by atoms with Gasteiger partial charge in [-0.15, -0.1) is 0 Å². The van der Waals surface area contributed by atoms with E-state index in [0.29, 0.717) is 5.82 Å². The van der Waals surface area contributed by atoms with E-state index in [-0.39, 0.29) is 24.6 Å². The number of amides is 1. The van der Waals surface area contributed by atoms with E-state index < -0.39 is 6.61 Å². The number of carbonyl (C=O) groups is 1. The molecule has 138 valence electrons. The van der Waals surface area contributed by atoms with Crippen molar-refractivity contribution < 1.29 is 18.3 Å². The highest BCUT2D eigenvalue weighted by Gasteiger charge is 2.11. The monoisotopic (exact) mass is 371 g/mol. The van der Waals surface area contributed by atoms with Crippen LogP contribution in [0.1, 0.15) is 11.4 Å². The quantitative estimate of drug-likeness (QED) is 0.486. The zero-order valence-corrected chi connectivity index (χ0v) is 14.0. The number of fused-ring (bicyclic) bond motifs is 3. The molecule has 0 fully saturated rings. The molecule has 1 aromatic carbocycles. The number of ether oxygens (including phenoxy) is 1. The first-order valence-electron chi connectivity index (χ1n) is 8.19. The zero-order chi connectivity index (χ0) is 18.8. The van der Waals surface area contributed by atoms with E-state index in [9.17, 15) is 13.6 Å². The minimum absolute atomic E-state index is 0.0760. The van der Waals surface area contributed by atoms with Crippen LogP contribution in [0, 0.1) is 0 Å². The van der Waals surface area contributed by atoms with Crippen molar-refractivity contribution >= 4 is 28.0 Å². The Morgan fingerprint density at radius 2 is 2.04 bits per heavy atom. The average Bonchev–Trinajstić information content (AvgIpc) is 3.26. The molecule has 4 rings (SSSR count). The summed E-state index contributed by atoms with van der Waals surface area (Å²) in [6, 6.07) is 7.99. The van der Waals surface area contributed by atoms with E-state index in [0.717, 1.165) is 27.6 Å². The molecule has 0 saturated heterocycles. The minimum atomic E-state index is -2.86. The Labute approximate surface area is 151 Å². The number of nitrogens with one attached hydrogen (secondary N) is 3. The van der Waals surface area contributed by atoms with Crippen molar-refractivity contribution in [3.63, 3.8) is 0 Å². The van der Waals surface area contributed by atoms with Crippen molar-refractivity contribution in [2.24, 2.45) is 0 Å². The first-order chi connectivity index (χ1) is 13.1. The summed E-state index contributed by atoms with van der Waals surface area (Å²) >= 11 is 0. The van der Waals surface area contributed by atoms with E-state index in [4.69, 9.17) is 0 Å². The molecule has 9 heteroatoms. The number of hydrogen-bond donors (Lipinski definition) is 3. The van der Waals surface area contributed by atoms with Crippen LogP contribution < -0.4 is 10.1 Å². The predicted octanol–water partition coefficient (Wildman–Crippen LogP) is 2.90. The third-order valence-electron chi connectivity index (χ3n) is 4.05. The van der Waals surface area contributed by atoms with Crippen LogP contribution >= 0.6 is 0 Å². The number of nitrogens with zero attached hydrogens (tertiary/aromatic N) is 2. The zero-order valence-electron chi connectivity index (χ0n) is 14.0. The lowest BCUT2D eigenvalue weighted by molar-refractivity contribution is -0.120. The molecular formula is C18H15F2N5O2. The van der Waals surface area contributed by atoms with Gasteiger partial charge in [-0.25, -0.2) is 9.97 Å². The lowest BCUT2D eigenvalue weighted by atomic mass is 10.2. The maximum absolute atomic E-state index is 12.2. The van der Waals surface area contributed by atoms with Gasteiger partial charge in [0.2, 0.25) is 5.91 Å². The van der Waals surface area contributed by atoms with Gasteiger partial charge < -0.3 is 20.0 Å². The fourth-order valence-corrected chi connectivity index (χ4v) is 2.81. The van der Waals surface area contributed by atoms with Gasteiger partial charge in [0.1, 0.15) is 22.7 Å². The summed E-state index contributed by atoms with van der Waals surface area (Å²) in [5.41, 5.74) is 3.04. The van der Waals surface area contributed by atoms with Crippen LogP contribution in [0.25, 0.3) is 22.1 Å². The van der Waals surface area contributed by atoms with Crippen molar-refractivity contribution in [3.8, 4) is 5.75 Å². The van der Waals surface area contributed by atoms with Crippen molar-refractivity contribution in [1.29, 1.82) is 0 Å². The Balaban J connectivity index is 1.38. The highest BCUT2D eigenvalue weighted by atomic mass is 19.3. The molecule has 0 bridgehead atoms. The normalized spacial score (nSPS) is 11.4. The maximum Gasteiger partial charge on any atom is 0.387 e. The molecule has 3 N–H and O–H groups in total. The van der Waals surface area contributed by atoms with Gasteiger partial charge in [-0.3, -0.25) is 4.79 Å². The van der Waals surface area contributed by atoms with Gasteiger partial charge in [-0.05, 0) is 23.8 Å². The van der Waals surface area contributed by atoms with Gasteiger partial charge in [0.15, 0.2) is 0 Å². The lowest BCUT2D eigenvalue weighted by Crippen LogP contribution is -2.24. The molecule has 0 aliphatic carbocycles. The minimum Gasteiger partial charge on any atom is -0.435 e. The van der Waals surface area contributed by atoms with E-state index in [1.54, 1.807) is 24.5 Å². The summed E-state index contributed by atoms with van der Waals surface area (Å²) in [6.07, 6.45) is 3.55. The fourth-order valence-electron chi connectivity index (χ4n) is 2.81. The standard InChI is InChI=1S/C18H15F2N5O2/c19-18(20)27-11-3-1-10(2-4-11)8-22-15(26)7-14-24-13-9-23-17-12(5-6-21-17)16(13)25-14/h1-6,9,18H,7-8H2,(H,21,23)(H,22,26)(H,24,25). The summed E-state index contributed by atoms with van der Waals surface area (Å²) in [5, 5.41) is 3.66. The number of imidazole rings is 1. The summed E-state index contributed by atoms with van der Waals surface area (Å²) in [5.74, 6) is 0.408. The van der Waals surface area contributed by atoms with Crippen LogP contribution in [0.2, 0.25) is 0 Å². The number of H-pyrrole nitrogens is 2. The van der Waals surface area contributed by atoms with Crippen LogP contribution in [0.3, 0.4) is 0 Å².